The first-order chi connectivity index (χ1) is 11.0. The molecule has 1 aliphatic rings. The smallest absolute Gasteiger partial charge is 0.220 e. The molecule has 0 spiro atoms. The highest BCUT2D eigenvalue weighted by molar-refractivity contribution is 7.91. The minimum atomic E-state index is -2.93. The zero-order chi connectivity index (χ0) is 16.3. The second kappa shape index (κ2) is 6.54. The van der Waals surface area contributed by atoms with Crippen molar-refractivity contribution in [2.45, 2.75) is 19.4 Å². The summed E-state index contributed by atoms with van der Waals surface area (Å²) in [7, 11) is -2.93. The van der Waals surface area contributed by atoms with Crippen LogP contribution in [0.15, 0.2) is 36.5 Å². The number of hydrogen-bond donors (Lipinski definition) is 2. The summed E-state index contributed by atoms with van der Waals surface area (Å²) in [6.07, 6.45) is 2.57. The van der Waals surface area contributed by atoms with Crippen LogP contribution in [0.4, 0.5) is 0 Å². The van der Waals surface area contributed by atoms with Crippen LogP contribution in [0.3, 0.4) is 0 Å². The van der Waals surface area contributed by atoms with Crippen LogP contribution in [0.1, 0.15) is 18.7 Å². The topological polar surface area (TPSA) is 91.9 Å². The zero-order valence-corrected chi connectivity index (χ0v) is 13.5. The van der Waals surface area contributed by atoms with Gasteiger partial charge in [0.05, 0.1) is 29.9 Å². The Morgan fingerprint density at radius 2 is 2.09 bits per heavy atom. The predicted octanol–water partition coefficient (Wildman–Crippen LogP) is 1.52. The fourth-order valence-electron chi connectivity index (χ4n) is 2.77. The van der Waals surface area contributed by atoms with E-state index in [-0.39, 0.29) is 29.8 Å². The van der Waals surface area contributed by atoms with E-state index in [1.807, 2.05) is 30.3 Å². The van der Waals surface area contributed by atoms with Gasteiger partial charge in [-0.25, -0.2) is 13.4 Å². The lowest BCUT2D eigenvalue weighted by atomic mass is 10.1. The molecule has 0 unspecified atom stereocenters. The second-order valence-electron chi connectivity index (χ2n) is 5.86. The van der Waals surface area contributed by atoms with E-state index < -0.39 is 9.84 Å². The number of amides is 1. The fraction of sp³-hybridized carbons (Fsp3) is 0.375. The summed E-state index contributed by atoms with van der Waals surface area (Å²) in [6, 6.07) is 9.82. The summed E-state index contributed by atoms with van der Waals surface area (Å²) in [5.74, 6) is 0.806. The molecule has 7 heteroatoms. The van der Waals surface area contributed by atoms with Gasteiger partial charge in [0, 0.05) is 6.42 Å². The summed E-state index contributed by atoms with van der Waals surface area (Å²) in [5.41, 5.74) is 1.94. The van der Waals surface area contributed by atoms with Gasteiger partial charge in [-0.15, -0.1) is 0 Å². The highest BCUT2D eigenvalue weighted by Crippen LogP contribution is 2.21. The van der Waals surface area contributed by atoms with Crippen molar-refractivity contribution < 1.29 is 13.2 Å². The second-order valence-corrected chi connectivity index (χ2v) is 8.09. The van der Waals surface area contributed by atoms with E-state index in [2.05, 4.69) is 15.3 Å². The molecule has 0 radical (unpaired) electrons. The molecule has 0 aliphatic carbocycles. The van der Waals surface area contributed by atoms with Crippen molar-refractivity contribution in [2.75, 3.05) is 11.5 Å². The Bertz CT molecular complexity index is 784. The van der Waals surface area contributed by atoms with Crippen LogP contribution in [0.5, 0.6) is 0 Å². The molecule has 1 fully saturated rings. The molecular weight excluding hydrogens is 314 g/mol. The van der Waals surface area contributed by atoms with Crippen LogP contribution in [0.2, 0.25) is 0 Å². The number of nitrogens with zero attached hydrogens (tertiary/aromatic N) is 1. The SMILES string of the molecule is O=C(C[C@H]1CCS(=O)(=O)C1)NCc1ncc(-c2ccccc2)[nH]1. The fourth-order valence-corrected chi connectivity index (χ4v) is 4.63. The van der Waals surface area contributed by atoms with Gasteiger partial charge in [0.1, 0.15) is 5.82 Å². The molecule has 3 rings (SSSR count). The van der Waals surface area contributed by atoms with Crippen molar-refractivity contribution in [3.63, 3.8) is 0 Å². The summed E-state index contributed by atoms with van der Waals surface area (Å²) in [4.78, 5) is 19.3. The Balaban J connectivity index is 1.51. The average Bonchev–Trinajstić information content (AvgIpc) is 3.13. The molecule has 1 saturated heterocycles. The predicted molar refractivity (Wildman–Crippen MR) is 87.2 cm³/mol. The first kappa shape index (κ1) is 15.7. The normalized spacial score (nSPS) is 19.6. The maximum atomic E-state index is 11.9. The van der Waals surface area contributed by atoms with Crippen molar-refractivity contribution in [3.05, 3.63) is 42.4 Å². The number of benzene rings is 1. The van der Waals surface area contributed by atoms with Gasteiger partial charge in [-0.1, -0.05) is 30.3 Å². The third-order valence-corrected chi connectivity index (χ3v) is 5.80. The minimum absolute atomic E-state index is 0.0588. The number of aromatic nitrogens is 2. The number of hydrogen-bond acceptors (Lipinski definition) is 4. The monoisotopic (exact) mass is 333 g/mol. The highest BCUT2D eigenvalue weighted by Gasteiger charge is 2.29. The summed E-state index contributed by atoms with van der Waals surface area (Å²) < 4.78 is 22.8. The molecule has 0 saturated carbocycles. The van der Waals surface area contributed by atoms with Gasteiger partial charge in [-0.3, -0.25) is 4.79 Å². The van der Waals surface area contributed by atoms with Crippen LogP contribution >= 0.6 is 0 Å². The Labute approximate surface area is 135 Å². The van der Waals surface area contributed by atoms with Gasteiger partial charge >= 0.3 is 0 Å². The average molecular weight is 333 g/mol. The van der Waals surface area contributed by atoms with E-state index in [1.165, 1.54) is 0 Å². The molecule has 122 valence electrons. The van der Waals surface area contributed by atoms with E-state index in [0.29, 0.717) is 18.8 Å². The van der Waals surface area contributed by atoms with Gasteiger partial charge in [-0.2, -0.15) is 0 Å². The van der Waals surface area contributed by atoms with Crippen LogP contribution < -0.4 is 5.32 Å². The van der Waals surface area contributed by atoms with Crippen molar-refractivity contribution in [3.8, 4) is 11.3 Å². The molecule has 1 aliphatic heterocycles. The van der Waals surface area contributed by atoms with E-state index in [0.717, 1.165) is 11.3 Å². The molecule has 1 amide bonds. The number of nitrogens with one attached hydrogen (secondary N) is 2. The molecule has 2 heterocycles. The van der Waals surface area contributed by atoms with Gasteiger partial charge in [0.2, 0.25) is 5.91 Å². The van der Waals surface area contributed by atoms with Crippen LogP contribution in [-0.2, 0) is 21.2 Å². The lowest BCUT2D eigenvalue weighted by Gasteiger charge is -2.07. The Morgan fingerprint density at radius 1 is 1.30 bits per heavy atom. The maximum absolute atomic E-state index is 11.9. The summed E-state index contributed by atoms with van der Waals surface area (Å²) in [6.45, 7) is 0.311. The van der Waals surface area contributed by atoms with Crippen LogP contribution in [-0.4, -0.2) is 35.8 Å². The standard InChI is InChI=1S/C16H19N3O3S/c20-16(8-12-6-7-23(21,22)11-12)18-10-15-17-9-14(19-15)13-4-2-1-3-5-13/h1-5,9,12H,6-8,10-11H2,(H,17,19)(H,18,20)/t12-/m1/s1. The number of aromatic amines is 1. The molecule has 2 aromatic rings. The molecule has 1 atom stereocenters. The Morgan fingerprint density at radius 3 is 2.78 bits per heavy atom. The van der Waals surface area contributed by atoms with E-state index in [9.17, 15) is 13.2 Å². The van der Waals surface area contributed by atoms with E-state index in [4.69, 9.17) is 0 Å². The molecule has 6 nitrogen and oxygen atoms in total. The number of imidazole rings is 1. The molecule has 0 bridgehead atoms. The van der Waals surface area contributed by atoms with Gasteiger partial charge in [-0.05, 0) is 17.9 Å². The van der Waals surface area contributed by atoms with Gasteiger partial charge < -0.3 is 10.3 Å². The third-order valence-electron chi connectivity index (χ3n) is 3.97. The Hall–Kier alpha value is -2.15. The number of rotatable bonds is 5. The van der Waals surface area contributed by atoms with Crippen molar-refractivity contribution in [2.24, 2.45) is 5.92 Å². The van der Waals surface area contributed by atoms with Crippen molar-refractivity contribution in [1.29, 1.82) is 0 Å². The first-order valence-electron chi connectivity index (χ1n) is 7.58. The number of carbonyl (C=O) groups excluding carboxylic acids is 1. The minimum Gasteiger partial charge on any atom is -0.349 e. The first-order valence-corrected chi connectivity index (χ1v) is 9.40. The molecular formula is C16H19N3O3S. The summed E-state index contributed by atoms with van der Waals surface area (Å²) in [5, 5.41) is 2.79. The molecule has 23 heavy (non-hydrogen) atoms. The number of sulfone groups is 1. The van der Waals surface area contributed by atoms with Gasteiger partial charge in [0.15, 0.2) is 9.84 Å². The Kier molecular flexibility index (Phi) is 4.47. The van der Waals surface area contributed by atoms with E-state index >= 15 is 0 Å². The lowest BCUT2D eigenvalue weighted by molar-refractivity contribution is -0.122. The largest absolute Gasteiger partial charge is 0.349 e. The van der Waals surface area contributed by atoms with Gasteiger partial charge in [0.25, 0.3) is 0 Å². The maximum Gasteiger partial charge on any atom is 0.220 e. The zero-order valence-electron chi connectivity index (χ0n) is 12.7. The summed E-state index contributed by atoms with van der Waals surface area (Å²) >= 11 is 0. The van der Waals surface area contributed by atoms with E-state index in [1.54, 1.807) is 6.20 Å². The molecule has 1 aromatic heterocycles. The van der Waals surface area contributed by atoms with Crippen molar-refractivity contribution in [1.82, 2.24) is 15.3 Å². The number of H-pyrrole nitrogens is 1. The molecule has 1 aromatic carbocycles. The van der Waals surface area contributed by atoms with Crippen LogP contribution in [0, 0.1) is 5.92 Å². The number of carbonyl (C=O) groups is 1. The lowest BCUT2D eigenvalue weighted by Crippen LogP contribution is -2.26. The molecule has 2 N–H and O–H groups in total. The quantitative estimate of drug-likeness (QED) is 0.868. The van der Waals surface area contributed by atoms with Crippen molar-refractivity contribution >= 4 is 15.7 Å². The third kappa shape index (κ3) is 4.19. The highest BCUT2D eigenvalue weighted by atomic mass is 32.2. The van der Waals surface area contributed by atoms with Crippen LogP contribution in [0.25, 0.3) is 11.3 Å².